The molecule has 13 heavy (non-hydrogen) atoms. The summed E-state index contributed by atoms with van der Waals surface area (Å²) in [6, 6.07) is 0.727. The lowest BCUT2D eigenvalue weighted by Gasteiger charge is -2.21. The Kier molecular flexibility index (Phi) is 9.10. The van der Waals surface area contributed by atoms with Gasteiger partial charge in [0.1, 0.15) is 0 Å². The molecular formula is C11H25NS. The van der Waals surface area contributed by atoms with E-state index in [1.165, 1.54) is 25.0 Å². The summed E-state index contributed by atoms with van der Waals surface area (Å²) in [6.07, 6.45) is 6.19. The molecule has 0 aromatic rings. The Morgan fingerprint density at radius 2 is 1.77 bits per heavy atom. The zero-order valence-electron chi connectivity index (χ0n) is 9.60. The number of hydrogen-bond donors (Lipinski definition) is 1. The highest BCUT2D eigenvalue weighted by Gasteiger charge is 2.12. The largest absolute Gasteiger partial charge is 0.313 e. The SMILES string of the molecule is CCNC(CSC)CC(CC)CC. The van der Waals surface area contributed by atoms with Crippen LogP contribution in [-0.4, -0.2) is 24.6 Å². The molecule has 0 heterocycles. The molecule has 0 spiro atoms. The molecule has 0 aliphatic carbocycles. The smallest absolute Gasteiger partial charge is 0.0160 e. The molecule has 2 heteroatoms. The van der Waals surface area contributed by atoms with Gasteiger partial charge in [0.05, 0.1) is 0 Å². The quantitative estimate of drug-likeness (QED) is 0.650. The number of nitrogens with one attached hydrogen (secondary N) is 1. The number of hydrogen-bond acceptors (Lipinski definition) is 2. The summed E-state index contributed by atoms with van der Waals surface area (Å²) >= 11 is 1.95. The summed E-state index contributed by atoms with van der Waals surface area (Å²) in [5, 5.41) is 3.56. The Morgan fingerprint density at radius 3 is 2.15 bits per heavy atom. The van der Waals surface area contributed by atoms with E-state index < -0.39 is 0 Å². The van der Waals surface area contributed by atoms with Crippen molar-refractivity contribution >= 4 is 11.8 Å². The van der Waals surface area contributed by atoms with Crippen molar-refractivity contribution in [1.82, 2.24) is 5.32 Å². The molecule has 1 unspecified atom stereocenters. The van der Waals surface area contributed by atoms with Crippen molar-refractivity contribution < 1.29 is 0 Å². The zero-order valence-corrected chi connectivity index (χ0v) is 10.4. The van der Waals surface area contributed by atoms with Gasteiger partial charge in [-0.25, -0.2) is 0 Å². The van der Waals surface area contributed by atoms with E-state index >= 15 is 0 Å². The van der Waals surface area contributed by atoms with Gasteiger partial charge in [-0.2, -0.15) is 11.8 Å². The molecule has 0 bridgehead atoms. The number of rotatable bonds is 8. The lowest BCUT2D eigenvalue weighted by Crippen LogP contribution is -2.33. The van der Waals surface area contributed by atoms with E-state index in [0.29, 0.717) is 0 Å². The van der Waals surface area contributed by atoms with E-state index in [1.807, 2.05) is 11.8 Å². The van der Waals surface area contributed by atoms with Crippen molar-refractivity contribution in [2.45, 2.75) is 46.1 Å². The minimum Gasteiger partial charge on any atom is -0.313 e. The molecule has 80 valence electrons. The molecule has 0 radical (unpaired) electrons. The third-order valence-electron chi connectivity index (χ3n) is 2.63. The molecule has 0 saturated heterocycles. The Bertz CT molecular complexity index is 96.3. The first-order chi connectivity index (χ1) is 6.28. The van der Waals surface area contributed by atoms with Gasteiger partial charge >= 0.3 is 0 Å². The van der Waals surface area contributed by atoms with Gasteiger partial charge < -0.3 is 5.32 Å². The second-order valence-electron chi connectivity index (χ2n) is 3.63. The summed E-state index contributed by atoms with van der Waals surface area (Å²) < 4.78 is 0. The molecule has 0 fully saturated rings. The molecular weight excluding hydrogens is 178 g/mol. The molecule has 0 rings (SSSR count). The van der Waals surface area contributed by atoms with E-state index in [2.05, 4.69) is 32.3 Å². The first-order valence-corrected chi connectivity index (χ1v) is 6.90. The average molecular weight is 203 g/mol. The third kappa shape index (κ3) is 6.39. The van der Waals surface area contributed by atoms with E-state index in [4.69, 9.17) is 0 Å². The maximum Gasteiger partial charge on any atom is 0.0160 e. The summed E-state index contributed by atoms with van der Waals surface area (Å²) in [7, 11) is 0. The minimum absolute atomic E-state index is 0.727. The topological polar surface area (TPSA) is 12.0 Å². The monoisotopic (exact) mass is 203 g/mol. The van der Waals surface area contributed by atoms with Crippen molar-refractivity contribution in [3.63, 3.8) is 0 Å². The van der Waals surface area contributed by atoms with Gasteiger partial charge in [0.15, 0.2) is 0 Å². The maximum absolute atomic E-state index is 3.56. The molecule has 0 aromatic carbocycles. The molecule has 1 nitrogen and oxygen atoms in total. The predicted molar refractivity (Wildman–Crippen MR) is 64.5 cm³/mol. The van der Waals surface area contributed by atoms with Crippen LogP contribution in [0, 0.1) is 5.92 Å². The van der Waals surface area contributed by atoms with Gasteiger partial charge in [-0.05, 0) is 25.1 Å². The number of thioether (sulfide) groups is 1. The van der Waals surface area contributed by atoms with Gasteiger partial charge in [0, 0.05) is 11.8 Å². The Morgan fingerprint density at radius 1 is 1.15 bits per heavy atom. The summed E-state index contributed by atoms with van der Waals surface area (Å²) in [5.74, 6) is 2.17. The molecule has 0 aliphatic heterocycles. The van der Waals surface area contributed by atoms with Crippen molar-refractivity contribution in [2.24, 2.45) is 5.92 Å². The molecule has 0 saturated carbocycles. The maximum atomic E-state index is 3.56. The van der Waals surface area contributed by atoms with Crippen LogP contribution in [0.1, 0.15) is 40.0 Å². The van der Waals surface area contributed by atoms with Crippen LogP contribution >= 0.6 is 11.8 Å². The first kappa shape index (κ1) is 13.3. The van der Waals surface area contributed by atoms with Crippen LogP contribution in [0.4, 0.5) is 0 Å². The lowest BCUT2D eigenvalue weighted by atomic mass is 9.95. The minimum atomic E-state index is 0.727. The van der Waals surface area contributed by atoms with Crippen LogP contribution in [0.25, 0.3) is 0 Å². The fourth-order valence-corrected chi connectivity index (χ4v) is 2.38. The fraction of sp³-hybridized carbons (Fsp3) is 1.00. The standard InChI is InChI=1S/C11H25NS/c1-5-10(6-2)8-11(9-13-4)12-7-3/h10-12H,5-9H2,1-4H3. The molecule has 1 N–H and O–H groups in total. The second kappa shape index (κ2) is 8.89. The average Bonchev–Trinajstić information content (AvgIpc) is 2.14. The van der Waals surface area contributed by atoms with Gasteiger partial charge in [-0.1, -0.05) is 33.6 Å². The van der Waals surface area contributed by atoms with Crippen molar-refractivity contribution in [1.29, 1.82) is 0 Å². The van der Waals surface area contributed by atoms with Gasteiger partial charge in [-0.3, -0.25) is 0 Å². The summed E-state index contributed by atoms with van der Waals surface area (Å²) in [5.41, 5.74) is 0. The highest BCUT2D eigenvalue weighted by Crippen LogP contribution is 2.16. The summed E-state index contributed by atoms with van der Waals surface area (Å²) in [4.78, 5) is 0. The normalized spacial score (nSPS) is 13.6. The van der Waals surface area contributed by atoms with Crippen LogP contribution in [0.2, 0.25) is 0 Å². The van der Waals surface area contributed by atoms with Gasteiger partial charge in [-0.15, -0.1) is 0 Å². The van der Waals surface area contributed by atoms with E-state index in [-0.39, 0.29) is 0 Å². The van der Waals surface area contributed by atoms with Crippen molar-refractivity contribution in [3.05, 3.63) is 0 Å². The van der Waals surface area contributed by atoms with Crippen LogP contribution in [0.5, 0.6) is 0 Å². The van der Waals surface area contributed by atoms with Crippen LogP contribution in [0.15, 0.2) is 0 Å². The Hall–Kier alpha value is 0.310. The van der Waals surface area contributed by atoms with Gasteiger partial charge in [0.2, 0.25) is 0 Å². The van der Waals surface area contributed by atoms with E-state index in [1.54, 1.807) is 0 Å². The first-order valence-electron chi connectivity index (χ1n) is 5.50. The third-order valence-corrected chi connectivity index (χ3v) is 3.37. The molecule has 0 aliphatic rings. The summed E-state index contributed by atoms with van der Waals surface area (Å²) in [6.45, 7) is 7.90. The van der Waals surface area contributed by atoms with Crippen LogP contribution < -0.4 is 5.32 Å². The molecule has 0 aromatic heterocycles. The zero-order chi connectivity index (χ0) is 10.1. The Balaban J connectivity index is 3.76. The van der Waals surface area contributed by atoms with Crippen molar-refractivity contribution in [2.75, 3.05) is 18.6 Å². The van der Waals surface area contributed by atoms with E-state index in [9.17, 15) is 0 Å². The fourth-order valence-electron chi connectivity index (χ4n) is 1.72. The molecule has 1 atom stereocenters. The van der Waals surface area contributed by atoms with Crippen LogP contribution in [0.3, 0.4) is 0 Å². The highest BCUT2D eigenvalue weighted by atomic mass is 32.2. The predicted octanol–water partition coefficient (Wildman–Crippen LogP) is 3.15. The van der Waals surface area contributed by atoms with Crippen LogP contribution in [-0.2, 0) is 0 Å². The highest BCUT2D eigenvalue weighted by molar-refractivity contribution is 7.98. The van der Waals surface area contributed by atoms with E-state index in [0.717, 1.165) is 18.5 Å². The van der Waals surface area contributed by atoms with Gasteiger partial charge in [0.25, 0.3) is 0 Å². The Labute approximate surface area is 88.1 Å². The lowest BCUT2D eigenvalue weighted by molar-refractivity contribution is 0.388. The molecule has 0 amide bonds. The second-order valence-corrected chi connectivity index (χ2v) is 4.54. The van der Waals surface area contributed by atoms with Crippen molar-refractivity contribution in [3.8, 4) is 0 Å².